The van der Waals surface area contributed by atoms with Gasteiger partial charge in [-0.05, 0) is 35.1 Å². The number of benzene rings is 2. The van der Waals surface area contributed by atoms with Crippen molar-refractivity contribution >= 4 is 45.6 Å². The number of hydrogen-bond acceptors (Lipinski definition) is 8. The Morgan fingerprint density at radius 2 is 2.05 bits per heavy atom. The molecule has 2 aromatic carbocycles. The van der Waals surface area contributed by atoms with Gasteiger partial charge in [-0.15, -0.1) is 0 Å². The summed E-state index contributed by atoms with van der Waals surface area (Å²) >= 11 is 0. The fraction of sp³-hybridized carbons (Fsp3) is 0.226. The van der Waals surface area contributed by atoms with E-state index in [9.17, 15) is 9.18 Å². The first-order valence-corrected chi connectivity index (χ1v) is 13.6. The summed E-state index contributed by atoms with van der Waals surface area (Å²) in [5.41, 5.74) is 5.81. The molecule has 0 spiro atoms. The molecule has 212 valence electrons. The molecule has 0 saturated carbocycles. The minimum atomic E-state index is -1.05. The average Bonchev–Trinajstić information content (AvgIpc) is 3.66. The SMILES string of the molecule is C=C(F)C(=O)Nc1ccc2c(-c3ccccc3CNc3nc(/N=C4/CCOC4)nc4c(C(C)C)cnn34)nccc2c1. The summed E-state index contributed by atoms with van der Waals surface area (Å²) in [6.07, 6.45) is 4.30. The molecule has 6 rings (SSSR count). The number of carbonyl (C=O) groups is 1. The standard InChI is InChI=1S/C31H29FN8O2/c1-18(2)26-16-35-40-28(26)38-30(37-23-11-13-42-17-23)39-31(40)34-15-21-6-4-5-7-24(21)27-25-9-8-22(36-29(41)19(3)32)14-20(25)10-12-33-27/h4-10,12,14,16,18H,3,11,13,15,17H2,1-2H3,(H,36,41)(H,34,38,39)/b37-23-. The summed E-state index contributed by atoms with van der Waals surface area (Å²) in [6, 6.07) is 15.2. The summed E-state index contributed by atoms with van der Waals surface area (Å²) in [7, 11) is 0. The number of nitrogens with one attached hydrogen (secondary N) is 2. The smallest absolute Gasteiger partial charge is 0.283 e. The molecule has 42 heavy (non-hydrogen) atoms. The van der Waals surface area contributed by atoms with Gasteiger partial charge >= 0.3 is 0 Å². The highest BCUT2D eigenvalue weighted by molar-refractivity contribution is 6.04. The molecule has 0 unspecified atom stereocenters. The van der Waals surface area contributed by atoms with Crippen LogP contribution in [0.25, 0.3) is 27.7 Å². The molecule has 1 fully saturated rings. The van der Waals surface area contributed by atoms with E-state index in [1.165, 1.54) is 0 Å². The molecule has 3 aromatic heterocycles. The zero-order chi connectivity index (χ0) is 29.2. The number of rotatable bonds is 8. The van der Waals surface area contributed by atoms with E-state index in [1.54, 1.807) is 22.8 Å². The molecule has 1 aliphatic rings. The van der Waals surface area contributed by atoms with Crippen LogP contribution >= 0.6 is 0 Å². The van der Waals surface area contributed by atoms with Gasteiger partial charge in [0.1, 0.15) is 0 Å². The molecule has 1 amide bonds. The van der Waals surface area contributed by atoms with Crippen molar-refractivity contribution in [2.45, 2.75) is 32.7 Å². The van der Waals surface area contributed by atoms with Crippen molar-refractivity contribution in [1.82, 2.24) is 24.6 Å². The Hall–Kier alpha value is -5.03. The quantitative estimate of drug-likeness (QED) is 0.222. The second-order valence-electron chi connectivity index (χ2n) is 10.3. The number of anilines is 2. The lowest BCUT2D eigenvalue weighted by Crippen LogP contribution is -2.11. The minimum Gasteiger partial charge on any atom is -0.375 e. The predicted molar refractivity (Wildman–Crippen MR) is 161 cm³/mol. The number of amides is 1. The Balaban J connectivity index is 1.34. The van der Waals surface area contributed by atoms with Crippen molar-refractivity contribution in [3.63, 3.8) is 0 Å². The number of nitrogens with zero attached hydrogens (tertiary/aromatic N) is 6. The van der Waals surface area contributed by atoms with Gasteiger partial charge in [-0.3, -0.25) is 9.78 Å². The summed E-state index contributed by atoms with van der Waals surface area (Å²) in [5, 5.41) is 12.3. The Labute approximate surface area is 241 Å². The van der Waals surface area contributed by atoms with E-state index in [0.717, 1.165) is 45.3 Å². The molecule has 10 nitrogen and oxygen atoms in total. The third-order valence-corrected chi connectivity index (χ3v) is 7.05. The molecular weight excluding hydrogens is 535 g/mol. The highest BCUT2D eigenvalue weighted by Crippen LogP contribution is 2.31. The van der Waals surface area contributed by atoms with Crippen molar-refractivity contribution in [3.8, 4) is 11.3 Å². The monoisotopic (exact) mass is 564 g/mol. The second-order valence-corrected chi connectivity index (χ2v) is 10.3. The van der Waals surface area contributed by atoms with Crippen LogP contribution in [0.3, 0.4) is 0 Å². The van der Waals surface area contributed by atoms with Crippen LogP contribution in [0, 0.1) is 0 Å². The maximum atomic E-state index is 13.2. The average molecular weight is 565 g/mol. The molecular formula is C31H29FN8O2. The maximum Gasteiger partial charge on any atom is 0.283 e. The molecule has 2 N–H and O–H groups in total. The van der Waals surface area contributed by atoms with Gasteiger partial charge in [0.25, 0.3) is 11.9 Å². The Morgan fingerprint density at radius 1 is 1.19 bits per heavy atom. The molecule has 5 aromatic rings. The fourth-order valence-electron chi connectivity index (χ4n) is 4.89. The number of hydrogen-bond donors (Lipinski definition) is 2. The highest BCUT2D eigenvalue weighted by atomic mass is 19.1. The third-order valence-electron chi connectivity index (χ3n) is 7.05. The van der Waals surface area contributed by atoms with Crippen LogP contribution in [-0.4, -0.2) is 49.4 Å². The molecule has 1 saturated heterocycles. The predicted octanol–water partition coefficient (Wildman–Crippen LogP) is 5.99. The molecule has 1 aliphatic heterocycles. The summed E-state index contributed by atoms with van der Waals surface area (Å²) in [5.74, 6) is -0.793. The molecule has 0 bridgehead atoms. The van der Waals surface area contributed by atoms with Gasteiger partial charge in [-0.2, -0.15) is 19.6 Å². The lowest BCUT2D eigenvalue weighted by atomic mass is 9.99. The van der Waals surface area contributed by atoms with Crippen LogP contribution in [0.2, 0.25) is 0 Å². The van der Waals surface area contributed by atoms with Crippen molar-refractivity contribution in [2.75, 3.05) is 23.8 Å². The van der Waals surface area contributed by atoms with Gasteiger partial charge in [0.2, 0.25) is 5.95 Å². The Kier molecular flexibility index (Phi) is 7.41. The van der Waals surface area contributed by atoms with Crippen molar-refractivity contribution in [3.05, 3.63) is 84.5 Å². The number of halogens is 1. The van der Waals surface area contributed by atoms with E-state index < -0.39 is 11.7 Å². The van der Waals surface area contributed by atoms with Crippen LogP contribution < -0.4 is 10.6 Å². The minimum absolute atomic E-state index is 0.225. The van der Waals surface area contributed by atoms with Crippen LogP contribution in [-0.2, 0) is 16.1 Å². The van der Waals surface area contributed by atoms with Gasteiger partial charge in [0.15, 0.2) is 11.5 Å². The molecule has 0 radical (unpaired) electrons. The van der Waals surface area contributed by atoms with E-state index in [4.69, 9.17) is 19.7 Å². The van der Waals surface area contributed by atoms with Crippen molar-refractivity contribution in [2.24, 2.45) is 4.99 Å². The van der Waals surface area contributed by atoms with Gasteiger partial charge in [-0.25, -0.2) is 9.38 Å². The lowest BCUT2D eigenvalue weighted by Gasteiger charge is -2.14. The van der Waals surface area contributed by atoms with Crippen molar-refractivity contribution in [1.29, 1.82) is 0 Å². The zero-order valence-corrected chi connectivity index (χ0v) is 23.3. The summed E-state index contributed by atoms with van der Waals surface area (Å²) < 4.78 is 20.4. The van der Waals surface area contributed by atoms with Crippen LogP contribution in [0.1, 0.15) is 37.3 Å². The van der Waals surface area contributed by atoms with Crippen LogP contribution in [0.5, 0.6) is 0 Å². The normalized spacial score (nSPS) is 14.2. The zero-order valence-electron chi connectivity index (χ0n) is 23.3. The third kappa shape index (κ3) is 5.46. The van der Waals surface area contributed by atoms with Crippen LogP contribution in [0.15, 0.2) is 78.3 Å². The lowest BCUT2D eigenvalue weighted by molar-refractivity contribution is -0.114. The number of aromatic nitrogens is 5. The Bertz CT molecular complexity index is 1860. The van der Waals surface area contributed by atoms with E-state index in [1.807, 2.05) is 42.6 Å². The first-order chi connectivity index (χ1) is 20.4. The summed E-state index contributed by atoms with van der Waals surface area (Å²) in [4.78, 5) is 30.5. The van der Waals surface area contributed by atoms with Gasteiger partial charge in [0.05, 0.1) is 30.8 Å². The number of ether oxygens (including phenoxy) is 1. The molecule has 4 heterocycles. The van der Waals surface area contributed by atoms with E-state index >= 15 is 0 Å². The number of carbonyl (C=O) groups excluding carboxylic acids is 1. The largest absolute Gasteiger partial charge is 0.375 e. The second kappa shape index (κ2) is 11.5. The fourth-order valence-corrected chi connectivity index (χ4v) is 4.89. The number of pyridine rings is 1. The molecule has 11 heteroatoms. The topological polar surface area (TPSA) is 119 Å². The van der Waals surface area contributed by atoms with Crippen molar-refractivity contribution < 1.29 is 13.9 Å². The highest BCUT2D eigenvalue weighted by Gasteiger charge is 2.18. The van der Waals surface area contributed by atoms with Crippen LogP contribution in [0.4, 0.5) is 22.0 Å². The van der Waals surface area contributed by atoms with Gasteiger partial charge in [0, 0.05) is 41.4 Å². The molecule has 0 atom stereocenters. The first-order valence-electron chi connectivity index (χ1n) is 13.6. The Morgan fingerprint density at radius 3 is 2.83 bits per heavy atom. The van der Waals surface area contributed by atoms with E-state index in [-0.39, 0.29) is 5.92 Å². The number of aliphatic imine (C=N–C) groups is 1. The maximum absolute atomic E-state index is 13.2. The number of fused-ring (bicyclic) bond motifs is 2. The van der Waals surface area contributed by atoms with Gasteiger partial charge in [-0.1, -0.05) is 50.8 Å². The van der Waals surface area contributed by atoms with Gasteiger partial charge < -0.3 is 15.4 Å². The van der Waals surface area contributed by atoms with E-state index in [2.05, 4.69) is 41.2 Å². The first kappa shape index (κ1) is 27.2. The summed E-state index contributed by atoms with van der Waals surface area (Å²) in [6.45, 7) is 8.82. The molecule has 0 aliphatic carbocycles. The van der Waals surface area contributed by atoms with E-state index in [0.29, 0.717) is 43.0 Å².